The highest BCUT2D eigenvalue weighted by Gasteiger charge is 2.17. The van der Waals surface area contributed by atoms with Gasteiger partial charge in [-0.25, -0.2) is 0 Å². The van der Waals surface area contributed by atoms with Crippen LogP contribution in [0.5, 0.6) is 0 Å². The van der Waals surface area contributed by atoms with Gasteiger partial charge in [0.25, 0.3) is 0 Å². The van der Waals surface area contributed by atoms with Crippen LogP contribution >= 0.6 is 0 Å². The van der Waals surface area contributed by atoms with Crippen molar-refractivity contribution < 1.29 is 19.1 Å². The molecule has 0 radical (unpaired) electrons. The number of esters is 2. The molecule has 5 heteroatoms. The molecule has 328 valence electrons. The second-order valence-corrected chi connectivity index (χ2v) is 18.0. The zero-order chi connectivity index (χ0) is 40.6. The molecule has 0 aromatic heterocycles. The SMILES string of the molecule is CCCCCC(CCCCC)CC(=O)OCCCCCCCCCC(CCCCCCCCCOC(=O)CC(CCCCC)CCCCC)CN(C)C(C)C. The molecule has 0 saturated carbocycles. The molecule has 5 nitrogen and oxygen atoms in total. The van der Waals surface area contributed by atoms with Crippen molar-refractivity contribution in [3.05, 3.63) is 0 Å². The number of nitrogens with zero attached hydrogens (tertiary/aromatic N) is 1. The molecule has 0 amide bonds. The van der Waals surface area contributed by atoms with Crippen LogP contribution in [0.2, 0.25) is 0 Å². The normalized spacial score (nSPS) is 11.9. The molecule has 0 rings (SSSR count). The zero-order valence-corrected chi connectivity index (χ0v) is 38.6. The first-order chi connectivity index (χ1) is 26.8. The second kappa shape index (κ2) is 41.1. The van der Waals surface area contributed by atoms with Gasteiger partial charge in [0.15, 0.2) is 0 Å². The van der Waals surface area contributed by atoms with Gasteiger partial charge in [-0.1, -0.05) is 182 Å². The van der Waals surface area contributed by atoms with Crippen molar-refractivity contribution in [3.63, 3.8) is 0 Å². The molecule has 0 unspecified atom stereocenters. The van der Waals surface area contributed by atoms with Crippen LogP contribution in [0.1, 0.15) is 260 Å². The fraction of sp³-hybridized carbons (Fsp3) is 0.960. The summed E-state index contributed by atoms with van der Waals surface area (Å²) >= 11 is 0. The van der Waals surface area contributed by atoms with Crippen molar-refractivity contribution in [2.24, 2.45) is 17.8 Å². The maximum atomic E-state index is 12.5. The lowest BCUT2D eigenvalue weighted by molar-refractivity contribution is -0.146. The van der Waals surface area contributed by atoms with E-state index in [9.17, 15) is 9.59 Å². The largest absolute Gasteiger partial charge is 0.466 e. The smallest absolute Gasteiger partial charge is 0.306 e. The van der Waals surface area contributed by atoms with E-state index in [4.69, 9.17) is 9.47 Å². The summed E-state index contributed by atoms with van der Waals surface area (Å²) in [4.78, 5) is 27.5. The summed E-state index contributed by atoms with van der Waals surface area (Å²) in [5.74, 6) is 1.93. The summed E-state index contributed by atoms with van der Waals surface area (Å²) in [6.45, 7) is 16.1. The van der Waals surface area contributed by atoms with Gasteiger partial charge in [0.1, 0.15) is 0 Å². The zero-order valence-electron chi connectivity index (χ0n) is 38.6. The Hall–Kier alpha value is -1.10. The minimum atomic E-state index is 0.0382. The van der Waals surface area contributed by atoms with Crippen molar-refractivity contribution in [2.45, 2.75) is 266 Å². The lowest BCUT2D eigenvalue weighted by Gasteiger charge is -2.27. The fourth-order valence-electron chi connectivity index (χ4n) is 8.17. The van der Waals surface area contributed by atoms with E-state index in [0.717, 1.165) is 18.8 Å². The number of unbranched alkanes of at least 4 members (excludes halogenated alkanes) is 20. The Kier molecular flexibility index (Phi) is 40.3. The van der Waals surface area contributed by atoms with E-state index < -0.39 is 0 Å². The monoisotopic (exact) mass is 778 g/mol. The van der Waals surface area contributed by atoms with Gasteiger partial charge in [-0.05, 0) is 90.0 Å². The number of carbonyl (C=O) groups excluding carboxylic acids is 2. The predicted octanol–water partition coefficient (Wildman–Crippen LogP) is 15.6. The van der Waals surface area contributed by atoms with Crippen molar-refractivity contribution in [1.82, 2.24) is 4.90 Å². The van der Waals surface area contributed by atoms with E-state index in [1.807, 2.05) is 0 Å². The highest BCUT2D eigenvalue weighted by atomic mass is 16.5. The maximum absolute atomic E-state index is 12.5. The molecule has 0 spiro atoms. The average molecular weight is 778 g/mol. The first-order valence-electron chi connectivity index (χ1n) is 24.8. The quantitative estimate of drug-likeness (QED) is 0.0456. The number of hydrogen-bond acceptors (Lipinski definition) is 5. The van der Waals surface area contributed by atoms with Crippen molar-refractivity contribution >= 4 is 11.9 Å². The topological polar surface area (TPSA) is 55.8 Å². The van der Waals surface area contributed by atoms with E-state index in [0.29, 0.717) is 43.9 Å². The van der Waals surface area contributed by atoms with Crippen molar-refractivity contribution in [1.29, 1.82) is 0 Å². The van der Waals surface area contributed by atoms with E-state index >= 15 is 0 Å². The van der Waals surface area contributed by atoms with Crippen LogP contribution in [-0.2, 0) is 19.1 Å². The Morgan fingerprint density at radius 1 is 0.400 bits per heavy atom. The van der Waals surface area contributed by atoms with Crippen LogP contribution in [0, 0.1) is 17.8 Å². The summed E-state index contributed by atoms with van der Waals surface area (Å²) in [6.07, 6.45) is 41.4. The Morgan fingerprint density at radius 2 is 0.673 bits per heavy atom. The minimum absolute atomic E-state index is 0.0382. The summed E-state index contributed by atoms with van der Waals surface area (Å²) < 4.78 is 11.3. The summed E-state index contributed by atoms with van der Waals surface area (Å²) in [5, 5.41) is 0. The van der Waals surface area contributed by atoms with Gasteiger partial charge in [0.2, 0.25) is 0 Å². The van der Waals surface area contributed by atoms with E-state index in [-0.39, 0.29) is 11.9 Å². The Bertz CT molecular complexity index is 738. The van der Waals surface area contributed by atoms with Crippen LogP contribution < -0.4 is 0 Å². The third-order valence-electron chi connectivity index (χ3n) is 12.2. The Morgan fingerprint density at radius 3 is 0.982 bits per heavy atom. The molecule has 0 aromatic rings. The van der Waals surface area contributed by atoms with Gasteiger partial charge < -0.3 is 14.4 Å². The first kappa shape index (κ1) is 53.9. The van der Waals surface area contributed by atoms with E-state index in [1.165, 1.54) is 199 Å². The highest BCUT2D eigenvalue weighted by Crippen LogP contribution is 2.24. The summed E-state index contributed by atoms with van der Waals surface area (Å²) in [7, 11) is 2.30. The Labute approximate surface area is 345 Å². The predicted molar refractivity (Wildman–Crippen MR) is 240 cm³/mol. The third kappa shape index (κ3) is 37.0. The first-order valence-corrected chi connectivity index (χ1v) is 24.8. The van der Waals surface area contributed by atoms with Crippen LogP contribution in [-0.4, -0.2) is 49.7 Å². The van der Waals surface area contributed by atoms with Gasteiger partial charge in [-0.2, -0.15) is 0 Å². The van der Waals surface area contributed by atoms with Crippen molar-refractivity contribution in [2.75, 3.05) is 26.8 Å². The number of hydrogen-bond donors (Lipinski definition) is 0. The molecule has 55 heavy (non-hydrogen) atoms. The second-order valence-electron chi connectivity index (χ2n) is 18.0. The van der Waals surface area contributed by atoms with Crippen LogP contribution in [0.15, 0.2) is 0 Å². The standard InChI is InChI=1S/C50H99NO4/c1-8-12-26-34-46(35-27-13-9-2)42-49(52)54-40-32-24-20-16-18-22-30-38-48(44-51(7)45(5)6)39-31-23-19-17-21-25-33-41-55-50(53)43-47(36-28-14-10-3)37-29-15-11-4/h45-48H,8-44H2,1-7H3. The minimum Gasteiger partial charge on any atom is -0.466 e. The summed E-state index contributed by atoms with van der Waals surface area (Å²) in [6, 6.07) is 0.608. The fourth-order valence-corrected chi connectivity index (χ4v) is 8.17. The molecular formula is C50H99NO4. The van der Waals surface area contributed by atoms with Crippen LogP contribution in [0.25, 0.3) is 0 Å². The highest BCUT2D eigenvalue weighted by molar-refractivity contribution is 5.70. The lowest BCUT2D eigenvalue weighted by atomic mass is 9.92. The number of ether oxygens (including phenoxy) is 2. The van der Waals surface area contributed by atoms with Gasteiger partial charge >= 0.3 is 11.9 Å². The lowest BCUT2D eigenvalue weighted by Crippen LogP contribution is -2.31. The molecular weight excluding hydrogens is 679 g/mol. The van der Waals surface area contributed by atoms with E-state index in [1.54, 1.807) is 0 Å². The van der Waals surface area contributed by atoms with Crippen LogP contribution in [0.3, 0.4) is 0 Å². The maximum Gasteiger partial charge on any atom is 0.306 e. The van der Waals surface area contributed by atoms with Gasteiger partial charge in [0.05, 0.1) is 13.2 Å². The van der Waals surface area contributed by atoms with Gasteiger partial charge in [-0.3, -0.25) is 9.59 Å². The molecule has 0 atom stereocenters. The average Bonchev–Trinajstić information content (AvgIpc) is 3.16. The third-order valence-corrected chi connectivity index (χ3v) is 12.2. The molecule has 0 bridgehead atoms. The molecule has 0 aliphatic carbocycles. The van der Waals surface area contributed by atoms with Gasteiger partial charge in [-0.15, -0.1) is 0 Å². The number of carbonyl (C=O) groups is 2. The molecule has 0 aromatic carbocycles. The molecule has 0 aliphatic rings. The molecule has 0 saturated heterocycles. The molecule has 0 fully saturated rings. The molecule has 0 aliphatic heterocycles. The summed E-state index contributed by atoms with van der Waals surface area (Å²) in [5.41, 5.74) is 0. The molecule has 0 heterocycles. The molecule has 0 N–H and O–H groups in total. The Balaban J connectivity index is 4.07. The number of rotatable bonds is 43. The van der Waals surface area contributed by atoms with Gasteiger partial charge in [0, 0.05) is 25.4 Å². The van der Waals surface area contributed by atoms with Crippen LogP contribution in [0.4, 0.5) is 0 Å². The van der Waals surface area contributed by atoms with Crippen molar-refractivity contribution in [3.8, 4) is 0 Å². The van der Waals surface area contributed by atoms with E-state index in [2.05, 4.69) is 53.5 Å².